The molecule has 5 nitrogen and oxygen atoms in total. The maximum absolute atomic E-state index is 11.9. The Labute approximate surface area is 100 Å². The Balaban J connectivity index is 2.75. The van der Waals surface area contributed by atoms with Crippen molar-refractivity contribution in [1.29, 1.82) is 0 Å². The maximum atomic E-state index is 11.9. The number of likely N-dealkylation sites (N-methyl/N-ethyl adjacent to an activating group) is 1. The zero-order valence-corrected chi connectivity index (χ0v) is 10.0. The van der Waals surface area contributed by atoms with Crippen molar-refractivity contribution in [2.45, 2.75) is 19.4 Å². The van der Waals surface area contributed by atoms with Gasteiger partial charge in [0.25, 0.3) is 0 Å². The van der Waals surface area contributed by atoms with Gasteiger partial charge >= 0.3 is 0 Å². The van der Waals surface area contributed by atoms with Crippen molar-refractivity contribution in [2.24, 2.45) is 11.5 Å². The Morgan fingerprint density at radius 3 is 2.29 bits per heavy atom. The third-order valence-electron chi connectivity index (χ3n) is 2.49. The summed E-state index contributed by atoms with van der Waals surface area (Å²) in [6.07, 6.45) is -0.144. The number of nitrogens with two attached hydrogens (primary N) is 2. The molecule has 0 aromatic heterocycles. The van der Waals surface area contributed by atoms with Gasteiger partial charge in [0, 0.05) is 12.7 Å². The lowest BCUT2D eigenvalue weighted by atomic mass is 10.1. The Kier molecular flexibility index (Phi) is 4.23. The van der Waals surface area contributed by atoms with Gasteiger partial charge in [-0.25, -0.2) is 0 Å². The predicted molar refractivity (Wildman–Crippen MR) is 66.4 cm³/mol. The van der Waals surface area contributed by atoms with Crippen molar-refractivity contribution in [2.75, 3.05) is 11.9 Å². The molecule has 1 unspecified atom stereocenters. The van der Waals surface area contributed by atoms with Gasteiger partial charge in [-0.05, 0) is 19.1 Å². The molecule has 1 rings (SSSR count). The third kappa shape index (κ3) is 3.57. The third-order valence-corrected chi connectivity index (χ3v) is 2.49. The number of benzene rings is 1. The van der Waals surface area contributed by atoms with Crippen LogP contribution in [0.3, 0.4) is 0 Å². The summed E-state index contributed by atoms with van der Waals surface area (Å²) >= 11 is 0. The van der Waals surface area contributed by atoms with Gasteiger partial charge in [0.2, 0.25) is 11.8 Å². The molecule has 1 atom stereocenters. The van der Waals surface area contributed by atoms with Gasteiger partial charge in [-0.15, -0.1) is 0 Å². The molecule has 0 fully saturated rings. The van der Waals surface area contributed by atoms with Gasteiger partial charge in [0.15, 0.2) is 0 Å². The summed E-state index contributed by atoms with van der Waals surface area (Å²) < 4.78 is 0. The second-order valence-electron chi connectivity index (χ2n) is 4.01. The summed E-state index contributed by atoms with van der Waals surface area (Å²) in [5, 5.41) is 0. The van der Waals surface area contributed by atoms with Crippen LogP contribution in [0.25, 0.3) is 0 Å². The lowest BCUT2D eigenvalue weighted by Gasteiger charge is -2.20. The molecule has 0 heterocycles. The van der Waals surface area contributed by atoms with E-state index in [-0.39, 0.29) is 12.3 Å². The Morgan fingerprint density at radius 1 is 1.29 bits per heavy atom. The van der Waals surface area contributed by atoms with Crippen molar-refractivity contribution in [1.82, 2.24) is 0 Å². The van der Waals surface area contributed by atoms with E-state index in [1.165, 1.54) is 4.90 Å². The largest absolute Gasteiger partial charge is 0.370 e. The molecule has 0 aliphatic rings. The molecule has 1 aromatic carbocycles. The average Bonchev–Trinajstić information content (AvgIpc) is 2.27. The molecule has 0 spiro atoms. The van der Waals surface area contributed by atoms with E-state index in [0.29, 0.717) is 0 Å². The number of primary amides is 1. The summed E-state index contributed by atoms with van der Waals surface area (Å²) in [4.78, 5) is 24.0. The Hall–Kier alpha value is -1.88. The highest BCUT2D eigenvalue weighted by atomic mass is 16.2. The van der Waals surface area contributed by atoms with Crippen LogP contribution in [0.15, 0.2) is 24.3 Å². The SMILES string of the molecule is Cc1ccc(N(C)C(=O)C(N)CC(N)=O)cc1. The molecule has 17 heavy (non-hydrogen) atoms. The van der Waals surface area contributed by atoms with Gasteiger partial charge in [-0.3, -0.25) is 9.59 Å². The Bertz CT molecular complexity index is 414. The second kappa shape index (κ2) is 5.45. The monoisotopic (exact) mass is 235 g/mol. The summed E-state index contributed by atoms with van der Waals surface area (Å²) in [6.45, 7) is 1.96. The summed E-state index contributed by atoms with van der Waals surface area (Å²) in [7, 11) is 1.62. The number of anilines is 1. The van der Waals surface area contributed by atoms with Crippen LogP contribution in [0.2, 0.25) is 0 Å². The van der Waals surface area contributed by atoms with E-state index in [1.807, 2.05) is 31.2 Å². The molecule has 0 aliphatic carbocycles. The van der Waals surface area contributed by atoms with Gasteiger partial charge in [-0.1, -0.05) is 17.7 Å². The highest BCUT2D eigenvalue weighted by molar-refractivity contribution is 5.98. The van der Waals surface area contributed by atoms with Crippen molar-refractivity contribution in [3.63, 3.8) is 0 Å². The molecule has 2 amide bonds. The van der Waals surface area contributed by atoms with Crippen LogP contribution in [-0.4, -0.2) is 24.9 Å². The Morgan fingerprint density at radius 2 is 1.82 bits per heavy atom. The van der Waals surface area contributed by atoms with Gasteiger partial charge in [-0.2, -0.15) is 0 Å². The number of hydrogen-bond donors (Lipinski definition) is 2. The molecule has 0 bridgehead atoms. The lowest BCUT2D eigenvalue weighted by molar-refractivity contribution is -0.124. The summed E-state index contributed by atoms with van der Waals surface area (Å²) in [5.74, 6) is -0.907. The first-order valence-electron chi connectivity index (χ1n) is 5.30. The minimum absolute atomic E-state index is 0.144. The molecule has 0 aliphatic heterocycles. The van der Waals surface area contributed by atoms with Crippen molar-refractivity contribution >= 4 is 17.5 Å². The first-order valence-corrected chi connectivity index (χ1v) is 5.30. The average molecular weight is 235 g/mol. The fraction of sp³-hybridized carbons (Fsp3) is 0.333. The van der Waals surface area contributed by atoms with Crippen LogP contribution in [0, 0.1) is 6.92 Å². The maximum Gasteiger partial charge on any atom is 0.244 e. The molecule has 1 aromatic rings. The highest BCUT2D eigenvalue weighted by Crippen LogP contribution is 2.14. The zero-order valence-electron chi connectivity index (χ0n) is 10.0. The first kappa shape index (κ1) is 13.2. The van der Waals surface area contributed by atoms with E-state index >= 15 is 0 Å². The van der Waals surface area contributed by atoms with Crippen molar-refractivity contribution in [3.05, 3.63) is 29.8 Å². The summed E-state index contributed by atoms with van der Waals surface area (Å²) in [5.41, 5.74) is 12.4. The predicted octanol–water partition coefficient (Wildman–Crippen LogP) is 0.161. The van der Waals surface area contributed by atoms with Crippen molar-refractivity contribution in [3.8, 4) is 0 Å². The van der Waals surface area contributed by atoms with Gasteiger partial charge in [0.05, 0.1) is 12.5 Å². The fourth-order valence-corrected chi connectivity index (χ4v) is 1.45. The normalized spacial score (nSPS) is 11.9. The standard InChI is InChI=1S/C12H17N3O2/c1-8-3-5-9(6-4-8)15(2)12(17)10(13)7-11(14)16/h3-6,10H,7,13H2,1-2H3,(H2,14,16). The molecule has 4 N–H and O–H groups in total. The first-order chi connectivity index (χ1) is 7.91. The molecular weight excluding hydrogens is 218 g/mol. The van der Waals surface area contributed by atoms with Gasteiger partial charge < -0.3 is 16.4 Å². The van der Waals surface area contributed by atoms with Crippen LogP contribution in [-0.2, 0) is 9.59 Å². The van der Waals surface area contributed by atoms with Gasteiger partial charge in [0.1, 0.15) is 0 Å². The lowest BCUT2D eigenvalue weighted by Crippen LogP contribution is -2.44. The molecular formula is C12H17N3O2. The van der Waals surface area contributed by atoms with E-state index in [1.54, 1.807) is 7.05 Å². The van der Waals surface area contributed by atoms with Crippen LogP contribution in [0.5, 0.6) is 0 Å². The van der Waals surface area contributed by atoms with E-state index in [0.717, 1.165) is 11.3 Å². The minimum Gasteiger partial charge on any atom is -0.370 e. The molecule has 0 saturated heterocycles. The topological polar surface area (TPSA) is 89.4 Å². The molecule has 0 saturated carbocycles. The number of rotatable bonds is 4. The minimum atomic E-state index is -0.890. The van der Waals surface area contributed by atoms with Crippen LogP contribution in [0.4, 0.5) is 5.69 Å². The number of hydrogen-bond acceptors (Lipinski definition) is 3. The van der Waals surface area contributed by atoms with E-state index in [4.69, 9.17) is 11.5 Å². The fourth-order valence-electron chi connectivity index (χ4n) is 1.45. The number of amides is 2. The number of nitrogens with zero attached hydrogens (tertiary/aromatic N) is 1. The molecule has 5 heteroatoms. The summed E-state index contributed by atoms with van der Waals surface area (Å²) in [6, 6.07) is 6.56. The number of carbonyl (C=O) groups excluding carboxylic acids is 2. The number of aryl methyl sites for hydroxylation is 1. The molecule has 0 radical (unpaired) electrons. The quantitative estimate of drug-likeness (QED) is 0.779. The van der Waals surface area contributed by atoms with Crippen LogP contribution >= 0.6 is 0 Å². The van der Waals surface area contributed by atoms with Crippen molar-refractivity contribution < 1.29 is 9.59 Å². The molecule has 92 valence electrons. The number of carbonyl (C=O) groups is 2. The van der Waals surface area contributed by atoms with Crippen LogP contribution < -0.4 is 16.4 Å². The second-order valence-corrected chi connectivity index (χ2v) is 4.01. The van der Waals surface area contributed by atoms with E-state index in [2.05, 4.69) is 0 Å². The zero-order chi connectivity index (χ0) is 13.0. The van der Waals surface area contributed by atoms with E-state index in [9.17, 15) is 9.59 Å². The highest BCUT2D eigenvalue weighted by Gasteiger charge is 2.20. The van der Waals surface area contributed by atoms with E-state index < -0.39 is 11.9 Å². The van der Waals surface area contributed by atoms with Crippen LogP contribution in [0.1, 0.15) is 12.0 Å². The smallest absolute Gasteiger partial charge is 0.244 e.